The van der Waals surface area contributed by atoms with E-state index in [2.05, 4.69) is 0 Å². The lowest BCUT2D eigenvalue weighted by molar-refractivity contribution is 0.104. The molecule has 4 heteroatoms. The standard InChI is InChI=1S/C12H14ClNO2/c1-14(2)7-6-11(15)9-4-5-12(16-3)10(13)8-9/h4-8H,1-3H3. The van der Waals surface area contributed by atoms with Gasteiger partial charge in [-0.3, -0.25) is 4.79 Å². The second-order valence-electron chi connectivity index (χ2n) is 3.49. The predicted octanol–water partition coefficient (Wildman–Crippen LogP) is 2.61. The number of hydrogen-bond donors (Lipinski definition) is 0. The second-order valence-corrected chi connectivity index (χ2v) is 3.90. The van der Waals surface area contributed by atoms with Gasteiger partial charge in [0.1, 0.15) is 5.75 Å². The third-order valence-corrected chi connectivity index (χ3v) is 2.26. The Morgan fingerprint density at radius 1 is 1.44 bits per heavy atom. The Labute approximate surface area is 100 Å². The van der Waals surface area contributed by atoms with Gasteiger partial charge in [0.2, 0.25) is 0 Å². The summed E-state index contributed by atoms with van der Waals surface area (Å²) in [5.41, 5.74) is 0.545. The number of ketones is 1. The molecular formula is C12H14ClNO2. The van der Waals surface area contributed by atoms with Crippen LogP contribution < -0.4 is 4.74 Å². The molecule has 3 nitrogen and oxygen atoms in total. The molecule has 0 heterocycles. The van der Waals surface area contributed by atoms with Crippen LogP contribution in [0.3, 0.4) is 0 Å². The molecule has 0 amide bonds. The van der Waals surface area contributed by atoms with Crippen molar-refractivity contribution < 1.29 is 9.53 Å². The summed E-state index contributed by atoms with van der Waals surface area (Å²) < 4.78 is 5.01. The van der Waals surface area contributed by atoms with Crippen LogP contribution in [0.25, 0.3) is 0 Å². The van der Waals surface area contributed by atoms with Gasteiger partial charge in [0, 0.05) is 31.9 Å². The van der Waals surface area contributed by atoms with E-state index in [0.29, 0.717) is 16.3 Å². The third-order valence-electron chi connectivity index (χ3n) is 1.96. The van der Waals surface area contributed by atoms with Gasteiger partial charge in [-0.1, -0.05) is 11.6 Å². The quantitative estimate of drug-likeness (QED) is 0.598. The van der Waals surface area contributed by atoms with Crippen LogP contribution in [0.4, 0.5) is 0 Å². The number of carbonyl (C=O) groups is 1. The van der Waals surface area contributed by atoms with E-state index in [1.54, 1.807) is 29.3 Å². The first-order valence-electron chi connectivity index (χ1n) is 4.77. The predicted molar refractivity (Wildman–Crippen MR) is 65.2 cm³/mol. The van der Waals surface area contributed by atoms with E-state index in [-0.39, 0.29) is 5.78 Å². The van der Waals surface area contributed by atoms with Gasteiger partial charge in [-0.2, -0.15) is 0 Å². The fourth-order valence-corrected chi connectivity index (χ4v) is 1.39. The van der Waals surface area contributed by atoms with Crippen molar-refractivity contribution in [2.24, 2.45) is 0 Å². The maximum Gasteiger partial charge on any atom is 0.187 e. The molecule has 1 aromatic carbocycles. The average molecular weight is 240 g/mol. The van der Waals surface area contributed by atoms with Crippen molar-refractivity contribution in [3.05, 3.63) is 41.1 Å². The maximum atomic E-state index is 11.7. The minimum Gasteiger partial charge on any atom is -0.495 e. The van der Waals surface area contributed by atoms with Crippen molar-refractivity contribution in [2.75, 3.05) is 21.2 Å². The van der Waals surface area contributed by atoms with Crippen molar-refractivity contribution in [3.8, 4) is 5.75 Å². The van der Waals surface area contributed by atoms with Crippen molar-refractivity contribution >= 4 is 17.4 Å². The van der Waals surface area contributed by atoms with Crippen LogP contribution in [0.15, 0.2) is 30.5 Å². The summed E-state index contributed by atoms with van der Waals surface area (Å²) in [6.07, 6.45) is 3.19. The van der Waals surface area contributed by atoms with Crippen LogP contribution in [0, 0.1) is 0 Å². The molecule has 0 spiro atoms. The lowest BCUT2D eigenvalue weighted by Crippen LogP contribution is -2.03. The maximum absolute atomic E-state index is 11.7. The molecule has 16 heavy (non-hydrogen) atoms. The molecule has 0 unspecified atom stereocenters. The van der Waals surface area contributed by atoms with E-state index >= 15 is 0 Å². The SMILES string of the molecule is COc1ccc(C(=O)C=CN(C)C)cc1Cl. The molecule has 86 valence electrons. The zero-order valence-corrected chi connectivity index (χ0v) is 10.3. The van der Waals surface area contributed by atoms with Gasteiger partial charge in [0.25, 0.3) is 0 Å². The molecule has 0 saturated carbocycles. The molecule has 0 N–H and O–H groups in total. The van der Waals surface area contributed by atoms with Gasteiger partial charge >= 0.3 is 0 Å². The highest BCUT2D eigenvalue weighted by Crippen LogP contribution is 2.25. The molecule has 0 bridgehead atoms. The van der Waals surface area contributed by atoms with E-state index in [4.69, 9.17) is 16.3 Å². The molecule has 0 radical (unpaired) electrons. The van der Waals surface area contributed by atoms with Crippen LogP contribution >= 0.6 is 11.6 Å². The van der Waals surface area contributed by atoms with Gasteiger partial charge in [0.05, 0.1) is 12.1 Å². The summed E-state index contributed by atoms with van der Waals surface area (Å²) in [6, 6.07) is 4.97. The number of rotatable bonds is 4. The number of benzene rings is 1. The van der Waals surface area contributed by atoms with Crippen LogP contribution in [0.1, 0.15) is 10.4 Å². The number of carbonyl (C=O) groups excluding carboxylic acids is 1. The molecule has 1 aromatic rings. The zero-order chi connectivity index (χ0) is 12.1. The van der Waals surface area contributed by atoms with Crippen LogP contribution in [-0.4, -0.2) is 31.9 Å². The molecule has 0 aliphatic rings. The van der Waals surface area contributed by atoms with Crippen molar-refractivity contribution in [1.29, 1.82) is 0 Å². The summed E-state index contributed by atoms with van der Waals surface area (Å²) in [7, 11) is 5.24. The lowest BCUT2D eigenvalue weighted by atomic mass is 10.1. The monoisotopic (exact) mass is 239 g/mol. The Kier molecular flexibility index (Phi) is 4.38. The fourth-order valence-electron chi connectivity index (χ4n) is 1.13. The molecule has 0 aromatic heterocycles. The Balaban J connectivity index is 2.89. The molecule has 0 saturated heterocycles. The first kappa shape index (κ1) is 12.6. The number of allylic oxidation sites excluding steroid dienone is 1. The third kappa shape index (κ3) is 3.28. The zero-order valence-electron chi connectivity index (χ0n) is 9.53. The molecule has 0 aliphatic heterocycles. The first-order chi connectivity index (χ1) is 7.54. The molecule has 1 rings (SSSR count). The Bertz CT molecular complexity index is 413. The number of methoxy groups -OCH3 is 1. The Morgan fingerprint density at radius 3 is 2.62 bits per heavy atom. The fraction of sp³-hybridized carbons (Fsp3) is 0.250. The van der Waals surface area contributed by atoms with E-state index < -0.39 is 0 Å². The first-order valence-corrected chi connectivity index (χ1v) is 5.15. The summed E-state index contributed by atoms with van der Waals surface area (Å²) in [4.78, 5) is 13.5. The van der Waals surface area contributed by atoms with Crippen LogP contribution in [0.5, 0.6) is 5.75 Å². The van der Waals surface area contributed by atoms with E-state index in [9.17, 15) is 4.79 Å². The smallest absolute Gasteiger partial charge is 0.187 e. The molecule has 0 atom stereocenters. The van der Waals surface area contributed by atoms with Gasteiger partial charge in [0.15, 0.2) is 5.78 Å². The van der Waals surface area contributed by atoms with E-state index in [1.165, 1.54) is 13.2 Å². The number of halogens is 1. The molecule has 0 fully saturated rings. The number of hydrogen-bond acceptors (Lipinski definition) is 3. The van der Waals surface area contributed by atoms with E-state index in [1.807, 2.05) is 14.1 Å². The lowest BCUT2D eigenvalue weighted by Gasteiger charge is -2.05. The highest BCUT2D eigenvalue weighted by atomic mass is 35.5. The van der Waals surface area contributed by atoms with Gasteiger partial charge in [-0.15, -0.1) is 0 Å². The van der Waals surface area contributed by atoms with Gasteiger partial charge in [-0.25, -0.2) is 0 Å². The minimum atomic E-state index is -0.0850. The highest BCUT2D eigenvalue weighted by Gasteiger charge is 2.06. The molecule has 0 aliphatic carbocycles. The highest BCUT2D eigenvalue weighted by molar-refractivity contribution is 6.32. The topological polar surface area (TPSA) is 29.5 Å². The number of nitrogens with zero attached hydrogens (tertiary/aromatic N) is 1. The van der Waals surface area contributed by atoms with Gasteiger partial charge in [-0.05, 0) is 18.2 Å². The number of ether oxygens (including phenoxy) is 1. The average Bonchev–Trinajstić information content (AvgIpc) is 2.25. The van der Waals surface area contributed by atoms with Gasteiger partial charge < -0.3 is 9.64 Å². The summed E-state index contributed by atoms with van der Waals surface area (Å²) >= 11 is 5.92. The Hall–Kier alpha value is -1.48. The normalized spacial score (nSPS) is 10.5. The summed E-state index contributed by atoms with van der Waals surface area (Å²) in [5.74, 6) is 0.480. The van der Waals surface area contributed by atoms with Crippen LogP contribution in [0.2, 0.25) is 5.02 Å². The summed E-state index contributed by atoms with van der Waals surface area (Å²) in [6.45, 7) is 0. The van der Waals surface area contributed by atoms with Crippen molar-refractivity contribution in [3.63, 3.8) is 0 Å². The largest absolute Gasteiger partial charge is 0.495 e. The van der Waals surface area contributed by atoms with Crippen LogP contribution in [-0.2, 0) is 0 Å². The minimum absolute atomic E-state index is 0.0850. The second kappa shape index (κ2) is 5.56. The van der Waals surface area contributed by atoms with Crippen molar-refractivity contribution in [1.82, 2.24) is 4.90 Å². The Morgan fingerprint density at radius 2 is 2.12 bits per heavy atom. The summed E-state index contributed by atoms with van der Waals surface area (Å²) in [5, 5.41) is 0.437. The van der Waals surface area contributed by atoms with Crippen molar-refractivity contribution in [2.45, 2.75) is 0 Å². The van der Waals surface area contributed by atoms with E-state index in [0.717, 1.165) is 0 Å². The molecular weight excluding hydrogens is 226 g/mol.